The Bertz CT molecular complexity index is 243. The molecule has 5 heteroatoms. The number of rotatable bonds is 5. The Kier molecular flexibility index (Phi) is 4.55. The van der Waals surface area contributed by atoms with E-state index in [9.17, 15) is 9.59 Å². The van der Waals surface area contributed by atoms with Crippen LogP contribution in [0, 0.1) is 11.8 Å². The first-order valence-electron chi connectivity index (χ1n) is 5.33. The van der Waals surface area contributed by atoms with Crippen LogP contribution in [0.15, 0.2) is 0 Å². The van der Waals surface area contributed by atoms with Gasteiger partial charge in [-0.05, 0) is 25.3 Å². The summed E-state index contributed by atoms with van der Waals surface area (Å²) in [6, 6.07) is 0. The third kappa shape index (κ3) is 3.87. The van der Waals surface area contributed by atoms with E-state index in [4.69, 9.17) is 10.8 Å². The molecule has 1 rings (SSSR count). The van der Waals surface area contributed by atoms with E-state index in [2.05, 4.69) is 5.32 Å². The monoisotopic (exact) mass is 214 g/mol. The van der Waals surface area contributed by atoms with Crippen molar-refractivity contribution in [3.63, 3.8) is 0 Å². The average molecular weight is 214 g/mol. The van der Waals surface area contributed by atoms with E-state index in [0.29, 0.717) is 6.54 Å². The molecule has 1 aliphatic carbocycles. The van der Waals surface area contributed by atoms with Crippen LogP contribution in [0.25, 0.3) is 0 Å². The highest BCUT2D eigenvalue weighted by Gasteiger charge is 2.30. The van der Waals surface area contributed by atoms with E-state index in [1.807, 2.05) is 0 Å². The molecule has 5 nitrogen and oxygen atoms in total. The number of carbonyl (C=O) groups is 2. The van der Waals surface area contributed by atoms with Gasteiger partial charge in [0.05, 0.1) is 12.5 Å². The highest BCUT2D eigenvalue weighted by atomic mass is 16.4. The van der Waals surface area contributed by atoms with Crippen molar-refractivity contribution >= 4 is 11.9 Å². The van der Waals surface area contributed by atoms with Crippen molar-refractivity contribution in [1.82, 2.24) is 5.32 Å². The molecule has 1 saturated carbocycles. The minimum absolute atomic E-state index is 0.128. The van der Waals surface area contributed by atoms with E-state index < -0.39 is 11.9 Å². The molecule has 1 amide bonds. The van der Waals surface area contributed by atoms with Gasteiger partial charge >= 0.3 is 5.97 Å². The number of hydrogen-bond donors (Lipinski definition) is 3. The number of carboxylic acid groups (broad SMARTS) is 1. The maximum Gasteiger partial charge on any atom is 0.306 e. The molecule has 0 heterocycles. The van der Waals surface area contributed by atoms with Crippen LogP contribution in [0.1, 0.15) is 25.7 Å². The number of hydrogen-bond acceptors (Lipinski definition) is 3. The Balaban J connectivity index is 2.36. The lowest BCUT2D eigenvalue weighted by molar-refractivity contribution is -0.144. The first-order valence-corrected chi connectivity index (χ1v) is 5.33. The Morgan fingerprint density at radius 1 is 1.33 bits per heavy atom. The highest BCUT2D eigenvalue weighted by molar-refractivity contribution is 5.75. The van der Waals surface area contributed by atoms with Gasteiger partial charge in [0.1, 0.15) is 0 Å². The fraction of sp³-hybridized carbons (Fsp3) is 0.800. The zero-order valence-electron chi connectivity index (χ0n) is 8.74. The van der Waals surface area contributed by atoms with Gasteiger partial charge in [-0.1, -0.05) is 12.8 Å². The molecule has 4 N–H and O–H groups in total. The molecule has 1 fully saturated rings. The predicted octanol–water partition coefficient (Wildman–Crippen LogP) is -0.0477. The molecule has 0 aromatic carbocycles. The summed E-state index contributed by atoms with van der Waals surface area (Å²) in [6.07, 6.45) is 3.73. The van der Waals surface area contributed by atoms with Gasteiger partial charge in [0.2, 0.25) is 5.91 Å². The number of carbonyl (C=O) groups excluding carboxylic acids is 1. The maximum absolute atomic E-state index is 10.9. The topological polar surface area (TPSA) is 92.4 Å². The normalized spacial score (nSPS) is 26.1. The second kappa shape index (κ2) is 5.70. The minimum atomic E-state index is -0.722. The first-order chi connectivity index (χ1) is 7.11. The Morgan fingerprint density at radius 3 is 2.60 bits per heavy atom. The van der Waals surface area contributed by atoms with Gasteiger partial charge < -0.3 is 16.2 Å². The second-order valence-corrected chi connectivity index (χ2v) is 4.09. The number of nitrogens with one attached hydrogen (secondary N) is 1. The van der Waals surface area contributed by atoms with Crippen LogP contribution in [0.3, 0.4) is 0 Å². The minimum Gasteiger partial charge on any atom is -0.481 e. The SMILES string of the molecule is NC(=O)CNCC1CCCCC1C(=O)O. The molecule has 0 spiro atoms. The Morgan fingerprint density at radius 2 is 2.00 bits per heavy atom. The van der Waals surface area contributed by atoms with Crippen LogP contribution in [-0.4, -0.2) is 30.1 Å². The molecule has 0 aromatic rings. The van der Waals surface area contributed by atoms with Gasteiger partial charge in [-0.3, -0.25) is 9.59 Å². The molecule has 0 aliphatic heterocycles. The summed E-state index contributed by atoms with van der Waals surface area (Å²) in [7, 11) is 0. The first kappa shape index (κ1) is 12.0. The van der Waals surface area contributed by atoms with E-state index in [0.717, 1.165) is 25.7 Å². The molecular formula is C10H18N2O3. The number of aliphatic carboxylic acids is 1. The standard InChI is InChI=1S/C10H18N2O3/c11-9(13)6-12-5-7-3-1-2-4-8(7)10(14)15/h7-8,12H,1-6H2,(H2,11,13)(H,14,15). The zero-order valence-corrected chi connectivity index (χ0v) is 8.74. The highest BCUT2D eigenvalue weighted by Crippen LogP contribution is 2.29. The zero-order chi connectivity index (χ0) is 11.3. The van der Waals surface area contributed by atoms with Crippen molar-refractivity contribution in [3.8, 4) is 0 Å². The second-order valence-electron chi connectivity index (χ2n) is 4.09. The fourth-order valence-corrected chi connectivity index (χ4v) is 2.16. The summed E-state index contributed by atoms with van der Waals surface area (Å²) in [6.45, 7) is 0.697. The summed E-state index contributed by atoms with van der Waals surface area (Å²) in [4.78, 5) is 21.4. The van der Waals surface area contributed by atoms with Crippen molar-refractivity contribution in [2.75, 3.05) is 13.1 Å². The van der Waals surface area contributed by atoms with Gasteiger partial charge in [-0.15, -0.1) is 0 Å². The van der Waals surface area contributed by atoms with Crippen molar-refractivity contribution < 1.29 is 14.7 Å². The van der Waals surface area contributed by atoms with Crippen LogP contribution in [0.5, 0.6) is 0 Å². The van der Waals surface area contributed by atoms with Crippen molar-refractivity contribution in [3.05, 3.63) is 0 Å². The van der Waals surface area contributed by atoms with Gasteiger partial charge in [0.25, 0.3) is 0 Å². The van der Waals surface area contributed by atoms with Crippen LogP contribution < -0.4 is 11.1 Å². The summed E-state index contributed by atoms with van der Waals surface area (Å²) < 4.78 is 0. The number of carboxylic acids is 1. The number of nitrogens with two attached hydrogens (primary N) is 1. The van der Waals surface area contributed by atoms with Crippen molar-refractivity contribution in [2.45, 2.75) is 25.7 Å². The van der Waals surface area contributed by atoms with Gasteiger partial charge in [-0.25, -0.2) is 0 Å². The van der Waals surface area contributed by atoms with Gasteiger partial charge in [-0.2, -0.15) is 0 Å². The quantitative estimate of drug-likeness (QED) is 0.598. The van der Waals surface area contributed by atoms with Crippen LogP contribution in [-0.2, 0) is 9.59 Å². The molecule has 86 valence electrons. The fourth-order valence-electron chi connectivity index (χ4n) is 2.16. The smallest absolute Gasteiger partial charge is 0.306 e. The van der Waals surface area contributed by atoms with Crippen LogP contribution >= 0.6 is 0 Å². The van der Waals surface area contributed by atoms with E-state index >= 15 is 0 Å². The predicted molar refractivity (Wildman–Crippen MR) is 55.1 cm³/mol. The van der Waals surface area contributed by atoms with Crippen LogP contribution in [0.4, 0.5) is 0 Å². The molecule has 0 aromatic heterocycles. The summed E-state index contributed by atoms with van der Waals surface area (Å²) in [5.74, 6) is -1.26. The van der Waals surface area contributed by atoms with Crippen molar-refractivity contribution in [2.24, 2.45) is 17.6 Å². The Labute approximate surface area is 89.0 Å². The van der Waals surface area contributed by atoms with Crippen LogP contribution in [0.2, 0.25) is 0 Å². The molecule has 1 aliphatic rings. The number of primary amides is 1. The molecule has 2 unspecified atom stereocenters. The van der Waals surface area contributed by atoms with Gasteiger partial charge in [0.15, 0.2) is 0 Å². The molecule has 0 radical (unpaired) electrons. The maximum atomic E-state index is 10.9. The number of amides is 1. The van der Waals surface area contributed by atoms with Crippen molar-refractivity contribution in [1.29, 1.82) is 0 Å². The lowest BCUT2D eigenvalue weighted by Crippen LogP contribution is -2.38. The summed E-state index contributed by atoms with van der Waals surface area (Å²) in [5, 5.41) is 11.9. The lowest BCUT2D eigenvalue weighted by atomic mass is 9.79. The largest absolute Gasteiger partial charge is 0.481 e. The van der Waals surface area contributed by atoms with E-state index in [-0.39, 0.29) is 18.4 Å². The molecule has 0 bridgehead atoms. The lowest BCUT2D eigenvalue weighted by Gasteiger charge is -2.28. The molecule has 15 heavy (non-hydrogen) atoms. The molecule has 0 saturated heterocycles. The van der Waals surface area contributed by atoms with E-state index in [1.54, 1.807) is 0 Å². The molecular weight excluding hydrogens is 196 g/mol. The van der Waals surface area contributed by atoms with E-state index in [1.165, 1.54) is 0 Å². The van der Waals surface area contributed by atoms with Gasteiger partial charge in [0, 0.05) is 0 Å². The molecule has 2 atom stereocenters. The summed E-state index contributed by atoms with van der Waals surface area (Å²) in [5.41, 5.74) is 4.98. The Hall–Kier alpha value is -1.10. The third-order valence-electron chi connectivity index (χ3n) is 2.93. The third-order valence-corrected chi connectivity index (χ3v) is 2.93. The average Bonchev–Trinajstić information content (AvgIpc) is 2.17. The summed E-state index contributed by atoms with van der Waals surface area (Å²) >= 11 is 0.